The van der Waals surface area contributed by atoms with Gasteiger partial charge in [-0.25, -0.2) is 8.42 Å². The number of rotatable bonds is 5. The van der Waals surface area contributed by atoms with Crippen LogP contribution in [0.25, 0.3) is 0 Å². The molecule has 3 aromatic carbocycles. The topological polar surface area (TPSA) is 51.2 Å². The van der Waals surface area contributed by atoms with E-state index >= 15 is 0 Å². The number of hydrogen-bond donors (Lipinski definition) is 0. The fourth-order valence-corrected chi connectivity index (χ4v) is 10.9. The molecule has 138 valence electrons. The van der Waals surface area contributed by atoms with Crippen LogP contribution in [0.5, 0.6) is 0 Å². The third-order valence-electron chi connectivity index (χ3n) is 4.39. The fraction of sp³-hybridized carbons (Fsp3) is 0.0909. The van der Waals surface area contributed by atoms with E-state index in [0.29, 0.717) is 0 Å². The van der Waals surface area contributed by atoms with E-state index in [2.05, 4.69) is 0 Å². The number of Topliss-reactive ketones (excluding diaryl/α,β-unsaturated/α-hetero) is 1. The van der Waals surface area contributed by atoms with Gasteiger partial charge < -0.3 is 0 Å². The normalized spacial score (nSPS) is 11.8. The van der Waals surface area contributed by atoms with Gasteiger partial charge in [-0.05, 0) is 29.7 Å². The summed E-state index contributed by atoms with van der Waals surface area (Å²) in [6.07, 6.45) is 1.13. The number of carbonyl (C=O) groups is 1. The van der Waals surface area contributed by atoms with Gasteiger partial charge in [0.15, 0.2) is 15.6 Å². The number of sulfone groups is 1. The summed E-state index contributed by atoms with van der Waals surface area (Å²) in [5, 5.41) is 2.54. The quantitative estimate of drug-likeness (QED) is 0.623. The molecule has 0 amide bonds. The van der Waals surface area contributed by atoms with Crippen LogP contribution in [0.2, 0.25) is 0 Å². The van der Waals surface area contributed by atoms with E-state index in [0.717, 1.165) is 22.2 Å². The summed E-state index contributed by atoms with van der Waals surface area (Å²) < 4.78 is 25.8. The number of ketones is 1. The van der Waals surface area contributed by atoms with Gasteiger partial charge >= 0.3 is 0 Å². The smallest absolute Gasteiger partial charge is 0.179 e. The Hall–Kier alpha value is -2.42. The molecule has 0 aliphatic carbocycles. The van der Waals surface area contributed by atoms with Gasteiger partial charge in [-0.15, -0.1) is 0 Å². The van der Waals surface area contributed by atoms with E-state index in [1.165, 1.54) is 6.92 Å². The molecule has 3 nitrogen and oxygen atoms in total. The molecule has 0 unspecified atom stereocenters. The van der Waals surface area contributed by atoms with Crippen molar-refractivity contribution in [2.24, 2.45) is 0 Å². The molecular formula is C22H21O3PS. The predicted molar refractivity (Wildman–Crippen MR) is 116 cm³/mol. The van der Waals surface area contributed by atoms with Crippen LogP contribution in [0.3, 0.4) is 0 Å². The van der Waals surface area contributed by atoms with E-state index in [9.17, 15) is 13.2 Å². The lowest BCUT2D eigenvalue weighted by molar-refractivity contribution is -0.110. The van der Waals surface area contributed by atoms with Gasteiger partial charge in [0.1, 0.15) is 4.63 Å². The molecule has 3 aromatic rings. The highest BCUT2D eigenvalue weighted by Crippen LogP contribution is 2.47. The highest BCUT2D eigenvalue weighted by Gasteiger charge is 2.36. The minimum absolute atomic E-state index is 0.0152. The maximum absolute atomic E-state index is 12.9. The number of benzene rings is 3. The van der Waals surface area contributed by atoms with Gasteiger partial charge in [-0.2, -0.15) is 0 Å². The van der Waals surface area contributed by atoms with Crippen LogP contribution in [0.4, 0.5) is 0 Å². The highest BCUT2D eigenvalue weighted by molar-refractivity contribution is 8.21. The lowest BCUT2D eigenvalue weighted by Crippen LogP contribution is -2.36. The van der Waals surface area contributed by atoms with Crippen LogP contribution in [-0.2, 0) is 14.6 Å². The zero-order valence-electron chi connectivity index (χ0n) is 15.2. The van der Waals surface area contributed by atoms with Crippen LogP contribution in [0.15, 0.2) is 91.0 Å². The Labute approximate surface area is 160 Å². The summed E-state index contributed by atoms with van der Waals surface area (Å²) >= 11 is 0. The summed E-state index contributed by atoms with van der Waals surface area (Å²) in [5.74, 6) is -0.414. The van der Waals surface area contributed by atoms with Crippen molar-refractivity contribution in [2.45, 2.75) is 6.92 Å². The molecule has 3 rings (SSSR count). The second-order valence-electron chi connectivity index (χ2n) is 6.31. The maximum Gasteiger partial charge on any atom is 0.179 e. The van der Waals surface area contributed by atoms with Crippen molar-refractivity contribution in [1.29, 1.82) is 0 Å². The molecule has 0 fully saturated rings. The van der Waals surface area contributed by atoms with E-state index in [1.54, 1.807) is 0 Å². The Morgan fingerprint density at radius 1 is 0.667 bits per heavy atom. The third kappa shape index (κ3) is 3.55. The SMILES string of the molecule is CC(=O)C(=P(c1ccccc1)(c1ccccc1)c1ccccc1)S(C)(=O)=O. The molecule has 0 radical (unpaired) electrons. The van der Waals surface area contributed by atoms with Crippen LogP contribution < -0.4 is 15.9 Å². The minimum atomic E-state index is -3.75. The van der Waals surface area contributed by atoms with Gasteiger partial charge in [-0.3, -0.25) is 4.79 Å². The van der Waals surface area contributed by atoms with Crippen molar-refractivity contribution in [3.8, 4) is 0 Å². The minimum Gasteiger partial charge on any atom is -0.294 e. The first-order valence-electron chi connectivity index (χ1n) is 8.53. The van der Waals surface area contributed by atoms with Crippen molar-refractivity contribution in [2.75, 3.05) is 6.26 Å². The first kappa shape index (κ1) is 19.3. The van der Waals surface area contributed by atoms with Crippen molar-refractivity contribution in [3.63, 3.8) is 0 Å². The summed E-state index contributed by atoms with van der Waals surface area (Å²) in [5.41, 5.74) is 0. The molecule has 0 heterocycles. The van der Waals surface area contributed by atoms with Crippen LogP contribution >= 0.6 is 6.89 Å². The Morgan fingerprint density at radius 3 is 1.19 bits per heavy atom. The molecule has 0 aliphatic rings. The summed E-state index contributed by atoms with van der Waals surface area (Å²) in [6.45, 7) is -1.51. The van der Waals surface area contributed by atoms with E-state index in [4.69, 9.17) is 0 Å². The standard InChI is InChI=1S/C22H21O3PS/c1-18(23)22(27(2,24)25)26(19-12-6-3-7-13-19,20-14-8-4-9-15-20)21-16-10-5-11-17-21/h3-17H,1-2H3. The Balaban J connectivity index is 2.71. The van der Waals surface area contributed by atoms with E-state index in [-0.39, 0.29) is 4.63 Å². The number of hydrogen-bond acceptors (Lipinski definition) is 3. The average Bonchev–Trinajstić information content (AvgIpc) is 2.66. The summed E-state index contributed by atoms with van der Waals surface area (Å²) in [6, 6.07) is 28.5. The van der Waals surface area contributed by atoms with Crippen molar-refractivity contribution in [3.05, 3.63) is 91.0 Å². The molecule has 0 aromatic heterocycles. The van der Waals surface area contributed by atoms with Gasteiger partial charge in [0.2, 0.25) is 0 Å². The zero-order chi connectivity index (χ0) is 19.5. The van der Waals surface area contributed by atoms with Gasteiger partial charge in [0, 0.05) is 6.26 Å². The van der Waals surface area contributed by atoms with Crippen molar-refractivity contribution < 1.29 is 13.2 Å². The molecule has 0 bridgehead atoms. The molecule has 27 heavy (non-hydrogen) atoms. The largest absolute Gasteiger partial charge is 0.294 e. The van der Waals surface area contributed by atoms with Gasteiger partial charge in [0.25, 0.3) is 0 Å². The third-order valence-corrected chi connectivity index (χ3v) is 11.3. The molecule has 0 aliphatic heterocycles. The van der Waals surface area contributed by atoms with Crippen LogP contribution in [0.1, 0.15) is 6.92 Å². The Bertz CT molecular complexity index is 1000. The van der Waals surface area contributed by atoms with E-state index in [1.807, 2.05) is 91.0 Å². The van der Waals surface area contributed by atoms with Crippen LogP contribution in [0, 0.1) is 0 Å². The summed E-state index contributed by atoms with van der Waals surface area (Å²) in [7, 11) is -3.75. The first-order valence-corrected chi connectivity index (χ1v) is 12.2. The molecule has 0 spiro atoms. The van der Waals surface area contributed by atoms with Crippen LogP contribution in [-0.4, -0.2) is 25.1 Å². The Kier molecular flexibility index (Phi) is 5.50. The maximum atomic E-state index is 12.9. The van der Waals surface area contributed by atoms with Crippen molar-refractivity contribution >= 4 is 43.0 Å². The lowest BCUT2D eigenvalue weighted by atomic mass is 10.4. The molecule has 0 saturated heterocycles. The lowest BCUT2D eigenvalue weighted by Gasteiger charge is -2.31. The Morgan fingerprint density at radius 2 is 0.963 bits per heavy atom. The van der Waals surface area contributed by atoms with Gasteiger partial charge in [-0.1, -0.05) is 91.0 Å². The molecule has 5 heteroatoms. The fourth-order valence-electron chi connectivity index (χ4n) is 3.50. The van der Waals surface area contributed by atoms with E-state index < -0.39 is 22.5 Å². The highest BCUT2D eigenvalue weighted by atomic mass is 32.2. The molecule has 0 N–H and O–H groups in total. The molecule has 0 saturated carbocycles. The second kappa shape index (κ2) is 7.67. The van der Waals surface area contributed by atoms with Gasteiger partial charge in [0.05, 0.1) is 0 Å². The summed E-state index contributed by atoms with van der Waals surface area (Å²) in [4.78, 5) is 12.8. The van der Waals surface area contributed by atoms with Crippen molar-refractivity contribution in [1.82, 2.24) is 0 Å². The monoisotopic (exact) mass is 396 g/mol. The number of carbonyl (C=O) groups excluding carboxylic acids is 1. The average molecular weight is 396 g/mol. The first-order chi connectivity index (χ1) is 12.9. The zero-order valence-corrected chi connectivity index (χ0v) is 17.0. The second-order valence-corrected chi connectivity index (χ2v) is 11.9. The predicted octanol–water partition coefficient (Wildman–Crippen LogP) is 2.74. The molecule has 0 atom stereocenters. The molecular weight excluding hydrogens is 375 g/mol.